The lowest BCUT2D eigenvalue weighted by molar-refractivity contribution is -0.151. The first kappa shape index (κ1) is 13.1. The van der Waals surface area contributed by atoms with Crippen LogP contribution in [0.3, 0.4) is 0 Å². The maximum absolute atomic E-state index is 11.9. The molecule has 1 saturated heterocycles. The van der Waals surface area contributed by atoms with E-state index < -0.39 is 41.7 Å². The van der Waals surface area contributed by atoms with E-state index in [1.54, 1.807) is 20.8 Å². The Labute approximate surface area is 97.8 Å². The highest BCUT2D eigenvalue weighted by molar-refractivity contribution is 6.17. The number of aliphatic carboxylic acids is 1. The van der Waals surface area contributed by atoms with Crippen LogP contribution in [0.1, 0.15) is 27.2 Å². The number of hydrogen-bond donors (Lipinski definition) is 2. The summed E-state index contributed by atoms with van der Waals surface area (Å²) in [7, 11) is 0. The van der Waals surface area contributed by atoms with Crippen LogP contribution in [0, 0.1) is 5.92 Å². The van der Waals surface area contributed by atoms with Gasteiger partial charge in [0.05, 0.1) is 6.42 Å². The second kappa shape index (κ2) is 4.15. The van der Waals surface area contributed by atoms with Crippen molar-refractivity contribution < 1.29 is 24.3 Å². The van der Waals surface area contributed by atoms with Gasteiger partial charge in [0, 0.05) is 5.54 Å². The fourth-order valence-electron chi connectivity index (χ4n) is 1.61. The molecule has 7 heteroatoms. The van der Waals surface area contributed by atoms with Crippen LogP contribution in [-0.2, 0) is 14.4 Å². The lowest BCUT2D eigenvalue weighted by atomic mass is 9.96. The molecule has 0 aromatic heterocycles. The molecule has 7 nitrogen and oxygen atoms in total. The molecule has 0 spiro atoms. The summed E-state index contributed by atoms with van der Waals surface area (Å²) in [6.45, 7) is 4.87. The van der Waals surface area contributed by atoms with Crippen molar-refractivity contribution in [2.45, 2.75) is 32.7 Å². The lowest BCUT2D eigenvalue weighted by Crippen LogP contribution is -2.63. The largest absolute Gasteiger partial charge is 0.481 e. The third-order valence-electron chi connectivity index (χ3n) is 2.32. The number of hydrogen-bond acceptors (Lipinski definition) is 4. The van der Waals surface area contributed by atoms with Gasteiger partial charge in [0.1, 0.15) is 5.92 Å². The van der Waals surface area contributed by atoms with Crippen LogP contribution >= 0.6 is 0 Å². The average Bonchev–Trinajstić information content (AvgIpc) is 2.08. The zero-order valence-electron chi connectivity index (χ0n) is 9.81. The van der Waals surface area contributed by atoms with Crippen molar-refractivity contribution in [1.29, 1.82) is 0 Å². The van der Waals surface area contributed by atoms with Crippen LogP contribution in [-0.4, -0.2) is 39.4 Å². The molecule has 0 aromatic carbocycles. The van der Waals surface area contributed by atoms with E-state index in [1.807, 2.05) is 5.32 Å². The number of barbiturate groups is 1. The number of imide groups is 2. The van der Waals surface area contributed by atoms with Crippen LogP contribution in [0.4, 0.5) is 4.79 Å². The van der Waals surface area contributed by atoms with Gasteiger partial charge in [0.2, 0.25) is 11.8 Å². The van der Waals surface area contributed by atoms with Crippen LogP contribution in [0.5, 0.6) is 0 Å². The number of nitrogens with one attached hydrogen (secondary N) is 1. The Kier molecular flexibility index (Phi) is 3.21. The van der Waals surface area contributed by atoms with E-state index in [1.165, 1.54) is 0 Å². The van der Waals surface area contributed by atoms with E-state index >= 15 is 0 Å². The first-order valence-electron chi connectivity index (χ1n) is 5.05. The molecule has 0 bridgehead atoms. The predicted molar refractivity (Wildman–Crippen MR) is 55.9 cm³/mol. The zero-order chi connectivity index (χ0) is 13.4. The minimum absolute atomic E-state index is 0.621. The van der Waals surface area contributed by atoms with Crippen LogP contribution < -0.4 is 5.32 Å². The van der Waals surface area contributed by atoms with E-state index in [4.69, 9.17) is 5.11 Å². The van der Waals surface area contributed by atoms with Crippen molar-refractivity contribution >= 4 is 23.8 Å². The van der Waals surface area contributed by atoms with E-state index in [0.717, 1.165) is 4.90 Å². The fourth-order valence-corrected chi connectivity index (χ4v) is 1.61. The normalized spacial score (nSPS) is 21.5. The van der Waals surface area contributed by atoms with Gasteiger partial charge in [0.15, 0.2) is 0 Å². The van der Waals surface area contributed by atoms with Crippen molar-refractivity contribution in [3.8, 4) is 0 Å². The van der Waals surface area contributed by atoms with Gasteiger partial charge in [-0.1, -0.05) is 0 Å². The number of rotatable bonds is 2. The van der Waals surface area contributed by atoms with E-state index in [2.05, 4.69) is 0 Å². The number of nitrogens with zero attached hydrogens (tertiary/aromatic N) is 1. The van der Waals surface area contributed by atoms with E-state index in [-0.39, 0.29) is 0 Å². The molecule has 1 unspecified atom stereocenters. The number of carbonyl (C=O) groups is 4. The summed E-state index contributed by atoms with van der Waals surface area (Å²) in [6, 6.07) is -0.811. The molecule has 1 atom stereocenters. The molecule has 4 amide bonds. The van der Waals surface area contributed by atoms with E-state index in [9.17, 15) is 19.2 Å². The molecule has 0 aliphatic carbocycles. The standard InChI is InChI=1S/C10H14N2O5/c1-10(2,3)12-8(16)5(4-6(13)14)7(15)11-9(12)17/h5H,4H2,1-3H3,(H,13,14)(H,11,15,17). The summed E-state index contributed by atoms with van der Waals surface area (Å²) >= 11 is 0. The molecule has 94 valence electrons. The summed E-state index contributed by atoms with van der Waals surface area (Å²) in [5.74, 6) is -4.23. The molecule has 2 N–H and O–H groups in total. The van der Waals surface area contributed by atoms with Crippen molar-refractivity contribution in [3.05, 3.63) is 0 Å². The lowest BCUT2D eigenvalue weighted by Gasteiger charge is -2.38. The SMILES string of the molecule is CC(C)(C)N1C(=O)NC(=O)C(CC(=O)O)C1=O. The van der Waals surface area contributed by atoms with Gasteiger partial charge in [-0.25, -0.2) is 4.79 Å². The Bertz CT molecular complexity index is 396. The summed E-state index contributed by atoms with van der Waals surface area (Å²) < 4.78 is 0. The maximum Gasteiger partial charge on any atom is 0.331 e. The Morgan fingerprint density at radius 1 is 1.35 bits per heavy atom. The minimum atomic E-state index is -1.34. The van der Waals surface area contributed by atoms with Crippen molar-refractivity contribution in [1.82, 2.24) is 10.2 Å². The number of carboxylic acids is 1. The smallest absolute Gasteiger partial charge is 0.331 e. The summed E-state index contributed by atoms with van der Waals surface area (Å²) in [4.78, 5) is 46.2. The number of urea groups is 1. The van der Waals surface area contributed by atoms with Crippen LogP contribution in [0.25, 0.3) is 0 Å². The van der Waals surface area contributed by atoms with Gasteiger partial charge in [-0.2, -0.15) is 0 Å². The van der Waals surface area contributed by atoms with Gasteiger partial charge in [-0.05, 0) is 20.8 Å². The number of carboxylic acid groups (broad SMARTS) is 1. The van der Waals surface area contributed by atoms with Crippen LogP contribution in [0.15, 0.2) is 0 Å². The Balaban J connectivity index is 3.04. The molecule has 1 heterocycles. The molecular weight excluding hydrogens is 228 g/mol. The van der Waals surface area contributed by atoms with Crippen LogP contribution in [0.2, 0.25) is 0 Å². The Morgan fingerprint density at radius 3 is 2.29 bits per heavy atom. The highest BCUT2D eigenvalue weighted by Gasteiger charge is 2.45. The summed E-state index contributed by atoms with van der Waals surface area (Å²) in [6.07, 6.45) is -0.621. The number of amides is 4. The molecule has 0 radical (unpaired) electrons. The third kappa shape index (κ3) is 2.61. The molecule has 1 rings (SSSR count). The molecule has 1 aliphatic heterocycles. The molecule has 17 heavy (non-hydrogen) atoms. The topological polar surface area (TPSA) is 104 Å². The predicted octanol–water partition coefficient (Wildman–Crippen LogP) is -0.0458. The molecule has 1 fully saturated rings. The van der Waals surface area contributed by atoms with Gasteiger partial charge in [-0.15, -0.1) is 0 Å². The average molecular weight is 242 g/mol. The summed E-state index contributed by atoms with van der Waals surface area (Å²) in [5.41, 5.74) is -0.807. The first-order valence-corrected chi connectivity index (χ1v) is 5.05. The zero-order valence-corrected chi connectivity index (χ0v) is 9.81. The highest BCUT2D eigenvalue weighted by Crippen LogP contribution is 2.22. The second-order valence-electron chi connectivity index (χ2n) is 4.79. The second-order valence-corrected chi connectivity index (χ2v) is 4.79. The fraction of sp³-hybridized carbons (Fsp3) is 0.600. The van der Waals surface area contributed by atoms with Crippen molar-refractivity contribution in [3.63, 3.8) is 0 Å². The molecule has 0 aromatic rings. The van der Waals surface area contributed by atoms with Gasteiger partial charge in [0.25, 0.3) is 0 Å². The van der Waals surface area contributed by atoms with Crippen molar-refractivity contribution in [2.75, 3.05) is 0 Å². The van der Waals surface area contributed by atoms with Crippen molar-refractivity contribution in [2.24, 2.45) is 5.92 Å². The minimum Gasteiger partial charge on any atom is -0.481 e. The molecule has 0 saturated carbocycles. The Hall–Kier alpha value is -1.92. The third-order valence-corrected chi connectivity index (χ3v) is 2.32. The van der Waals surface area contributed by atoms with Gasteiger partial charge < -0.3 is 5.11 Å². The van der Waals surface area contributed by atoms with Gasteiger partial charge in [-0.3, -0.25) is 24.6 Å². The highest BCUT2D eigenvalue weighted by atomic mass is 16.4. The van der Waals surface area contributed by atoms with E-state index in [0.29, 0.717) is 0 Å². The maximum atomic E-state index is 11.9. The molecule has 1 aliphatic rings. The monoisotopic (exact) mass is 242 g/mol. The quantitative estimate of drug-likeness (QED) is 0.661. The number of carbonyl (C=O) groups excluding carboxylic acids is 3. The molecular formula is C10H14N2O5. The Morgan fingerprint density at radius 2 is 1.88 bits per heavy atom. The summed E-state index contributed by atoms with van der Waals surface area (Å²) in [5, 5.41) is 10.6. The van der Waals surface area contributed by atoms with Gasteiger partial charge >= 0.3 is 12.0 Å². The first-order chi connectivity index (χ1) is 7.64.